The molecule has 0 aromatic rings. The molecule has 0 spiro atoms. The summed E-state index contributed by atoms with van der Waals surface area (Å²) in [6.45, 7) is 3.76. The highest BCUT2D eigenvalue weighted by atomic mass is 32.1. The Balaban J connectivity index is 4.45. The zero-order chi connectivity index (χ0) is 10.6. The van der Waals surface area contributed by atoms with Crippen molar-refractivity contribution in [3.63, 3.8) is 0 Å². The lowest BCUT2D eigenvalue weighted by atomic mass is 10.1. The van der Waals surface area contributed by atoms with Crippen molar-refractivity contribution in [2.24, 2.45) is 11.5 Å². The van der Waals surface area contributed by atoms with Gasteiger partial charge in [0.2, 0.25) is 5.91 Å². The number of rotatable bonds is 5. The van der Waals surface area contributed by atoms with Crippen LogP contribution < -0.4 is 11.5 Å². The number of nitrogens with two attached hydrogens (primary N) is 2. The van der Waals surface area contributed by atoms with Crippen LogP contribution in [0.3, 0.4) is 0 Å². The first-order valence-corrected chi connectivity index (χ1v) is 4.63. The Morgan fingerprint density at radius 1 is 1.54 bits per heavy atom. The van der Waals surface area contributed by atoms with Crippen LogP contribution in [0.1, 0.15) is 20.3 Å². The molecular weight excluding hydrogens is 186 g/mol. The molecule has 0 aromatic heterocycles. The molecule has 0 aliphatic rings. The van der Waals surface area contributed by atoms with Crippen LogP contribution in [0.25, 0.3) is 0 Å². The Bertz CT molecular complexity index is 208. The molecule has 13 heavy (non-hydrogen) atoms. The Hall–Kier alpha value is -0.680. The number of amides is 1. The highest BCUT2D eigenvalue weighted by Crippen LogP contribution is 2.06. The van der Waals surface area contributed by atoms with Gasteiger partial charge in [-0.25, -0.2) is 0 Å². The van der Waals surface area contributed by atoms with Gasteiger partial charge in [-0.3, -0.25) is 9.69 Å². The van der Waals surface area contributed by atoms with E-state index in [4.69, 9.17) is 23.7 Å². The highest BCUT2D eigenvalue weighted by molar-refractivity contribution is 7.80. The third-order valence-electron chi connectivity index (χ3n) is 2.23. The number of carbonyl (C=O) groups is 1. The Morgan fingerprint density at radius 3 is 2.23 bits per heavy atom. The van der Waals surface area contributed by atoms with E-state index < -0.39 is 0 Å². The molecule has 0 heterocycles. The van der Waals surface area contributed by atoms with E-state index in [1.807, 2.05) is 13.8 Å². The number of nitrogens with zero attached hydrogens (tertiary/aromatic N) is 1. The summed E-state index contributed by atoms with van der Waals surface area (Å²) in [5, 5.41) is 0. The number of carbonyl (C=O) groups excluding carboxylic acids is 1. The van der Waals surface area contributed by atoms with Crippen LogP contribution in [-0.2, 0) is 4.79 Å². The maximum atomic E-state index is 11.0. The van der Waals surface area contributed by atoms with Crippen molar-refractivity contribution >= 4 is 23.1 Å². The van der Waals surface area contributed by atoms with Crippen LogP contribution in [0.2, 0.25) is 0 Å². The van der Waals surface area contributed by atoms with Gasteiger partial charge in [-0.2, -0.15) is 0 Å². The second-order valence-electron chi connectivity index (χ2n) is 3.07. The molecule has 0 rings (SSSR count). The molecule has 5 heteroatoms. The van der Waals surface area contributed by atoms with E-state index in [-0.39, 0.29) is 18.0 Å². The topological polar surface area (TPSA) is 72.4 Å². The standard InChI is InChI=1S/C8H17N3OS/c1-4-6(7(9)12)11(3)5(2)8(10)13/h5-6H,4H2,1-3H3,(H2,9,12)(H2,10,13). The maximum absolute atomic E-state index is 11.0. The van der Waals surface area contributed by atoms with Crippen molar-refractivity contribution < 1.29 is 4.79 Å². The van der Waals surface area contributed by atoms with E-state index in [0.29, 0.717) is 11.4 Å². The van der Waals surface area contributed by atoms with E-state index in [9.17, 15) is 4.79 Å². The fraction of sp³-hybridized carbons (Fsp3) is 0.750. The van der Waals surface area contributed by atoms with E-state index in [1.54, 1.807) is 11.9 Å². The normalized spacial score (nSPS) is 15.4. The highest BCUT2D eigenvalue weighted by Gasteiger charge is 2.23. The lowest BCUT2D eigenvalue weighted by molar-refractivity contribution is -0.123. The summed E-state index contributed by atoms with van der Waals surface area (Å²) in [7, 11) is 1.79. The summed E-state index contributed by atoms with van der Waals surface area (Å²) in [5.41, 5.74) is 10.7. The Kier molecular flexibility index (Phi) is 4.87. The molecule has 76 valence electrons. The molecule has 0 saturated heterocycles. The van der Waals surface area contributed by atoms with Gasteiger partial charge < -0.3 is 11.5 Å². The fourth-order valence-electron chi connectivity index (χ4n) is 1.16. The van der Waals surface area contributed by atoms with Gasteiger partial charge in [-0.15, -0.1) is 0 Å². The summed E-state index contributed by atoms with van der Waals surface area (Å²) in [6, 6.07) is -0.399. The molecule has 2 unspecified atom stereocenters. The number of primary amides is 1. The minimum Gasteiger partial charge on any atom is -0.392 e. The maximum Gasteiger partial charge on any atom is 0.234 e. The first-order chi connectivity index (χ1) is 5.91. The van der Waals surface area contributed by atoms with E-state index in [2.05, 4.69) is 0 Å². The van der Waals surface area contributed by atoms with Gasteiger partial charge in [-0.1, -0.05) is 19.1 Å². The second kappa shape index (κ2) is 5.14. The number of hydrogen-bond acceptors (Lipinski definition) is 3. The van der Waals surface area contributed by atoms with Gasteiger partial charge >= 0.3 is 0 Å². The lowest BCUT2D eigenvalue weighted by Crippen LogP contribution is -2.50. The number of hydrogen-bond donors (Lipinski definition) is 2. The van der Waals surface area contributed by atoms with Crippen LogP contribution >= 0.6 is 12.2 Å². The van der Waals surface area contributed by atoms with Gasteiger partial charge in [0, 0.05) is 0 Å². The van der Waals surface area contributed by atoms with Crippen LogP contribution in [-0.4, -0.2) is 34.9 Å². The van der Waals surface area contributed by atoms with Crippen molar-refractivity contribution in [3.8, 4) is 0 Å². The van der Waals surface area contributed by atoms with E-state index in [0.717, 1.165) is 0 Å². The first kappa shape index (κ1) is 12.3. The Labute approximate surface area is 84.3 Å². The molecule has 0 saturated carbocycles. The van der Waals surface area contributed by atoms with E-state index in [1.165, 1.54) is 0 Å². The average Bonchev–Trinajstić information content (AvgIpc) is 2.03. The molecule has 0 bridgehead atoms. The monoisotopic (exact) mass is 203 g/mol. The van der Waals surface area contributed by atoms with Gasteiger partial charge in [0.15, 0.2) is 0 Å². The minimum atomic E-state index is -0.340. The molecule has 0 aromatic carbocycles. The molecule has 2 atom stereocenters. The van der Waals surface area contributed by atoms with Crippen molar-refractivity contribution in [1.29, 1.82) is 0 Å². The Morgan fingerprint density at radius 2 is 2.00 bits per heavy atom. The zero-order valence-electron chi connectivity index (χ0n) is 8.28. The smallest absolute Gasteiger partial charge is 0.234 e. The van der Waals surface area contributed by atoms with Crippen molar-refractivity contribution in [2.45, 2.75) is 32.4 Å². The molecule has 0 aliphatic heterocycles. The van der Waals surface area contributed by atoms with E-state index >= 15 is 0 Å². The summed E-state index contributed by atoms with van der Waals surface area (Å²) in [4.78, 5) is 13.2. The zero-order valence-corrected chi connectivity index (χ0v) is 9.10. The van der Waals surface area contributed by atoms with Crippen LogP contribution in [0.15, 0.2) is 0 Å². The predicted molar refractivity (Wildman–Crippen MR) is 57.3 cm³/mol. The van der Waals surface area contributed by atoms with Crippen molar-refractivity contribution in [3.05, 3.63) is 0 Å². The molecule has 1 amide bonds. The second-order valence-corrected chi connectivity index (χ2v) is 3.54. The van der Waals surface area contributed by atoms with Gasteiger partial charge in [0.25, 0.3) is 0 Å². The van der Waals surface area contributed by atoms with Crippen LogP contribution in [0, 0.1) is 0 Å². The minimum absolute atomic E-state index is 0.104. The first-order valence-electron chi connectivity index (χ1n) is 4.22. The van der Waals surface area contributed by atoms with Crippen molar-refractivity contribution in [1.82, 2.24) is 4.90 Å². The number of thiocarbonyl (C=S) groups is 1. The molecule has 0 fully saturated rings. The predicted octanol–water partition coefficient (Wildman–Crippen LogP) is -0.143. The average molecular weight is 203 g/mol. The lowest BCUT2D eigenvalue weighted by Gasteiger charge is -2.29. The largest absolute Gasteiger partial charge is 0.392 e. The molecule has 4 N–H and O–H groups in total. The van der Waals surface area contributed by atoms with Crippen LogP contribution in [0.4, 0.5) is 0 Å². The molecule has 0 radical (unpaired) electrons. The summed E-state index contributed by atoms with van der Waals surface area (Å²) in [5.74, 6) is -0.340. The van der Waals surface area contributed by atoms with Crippen LogP contribution in [0.5, 0.6) is 0 Å². The van der Waals surface area contributed by atoms with Gasteiger partial charge in [0.05, 0.1) is 17.1 Å². The third-order valence-corrected chi connectivity index (χ3v) is 2.57. The summed E-state index contributed by atoms with van der Waals surface area (Å²) >= 11 is 4.83. The molecule has 0 aliphatic carbocycles. The SMILES string of the molecule is CCC(C(N)=O)N(C)C(C)C(N)=S. The fourth-order valence-corrected chi connectivity index (χ4v) is 1.33. The van der Waals surface area contributed by atoms with Gasteiger partial charge in [-0.05, 0) is 20.4 Å². The third kappa shape index (κ3) is 3.28. The van der Waals surface area contributed by atoms with Gasteiger partial charge in [0.1, 0.15) is 0 Å². The summed E-state index contributed by atoms with van der Waals surface area (Å²) < 4.78 is 0. The molecular formula is C8H17N3OS. The molecule has 4 nitrogen and oxygen atoms in total. The summed E-state index contributed by atoms with van der Waals surface area (Å²) in [6.07, 6.45) is 0.665. The number of likely N-dealkylation sites (N-methyl/N-ethyl adjacent to an activating group) is 1. The quantitative estimate of drug-likeness (QED) is 0.610. The van der Waals surface area contributed by atoms with Crippen molar-refractivity contribution in [2.75, 3.05) is 7.05 Å².